The van der Waals surface area contributed by atoms with Crippen molar-refractivity contribution in [2.45, 2.75) is 38.6 Å². The molecule has 0 bridgehead atoms. The van der Waals surface area contributed by atoms with Crippen LogP contribution in [0.3, 0.4) is 0 Å². The molecule has 1 aliphatic heterocycles. The smallest absolute Gasteiger partial charge is 0.315 e. The Hall–Kier alpha value is -1.30. The molecule has 1 saturated heterocycles. The van der Waals surface area contributed by atoms with Crippen LogP contribution in [0.4, 0.5) is 4.79 Å². The number of hydrogen-bond donors (Lipinski definition) is 3. The van der Waals surface area contributed by atoms with Gasteiger partial charge in [0.2, 0.25) is 0 Å². The first-order valence-electron chi connectivity index (χ1n) is 7.58. The third kappa shape index (κ3) is 4.10. The minimum absolute atomic E-state index is 0.00631. The standard InChI is InChI=1S/C14H25N3O3/c1-2-17-6-5-10(9-17)8-15-14(20)16-12-4-3-11(7-12)13(18)19/h10-12H,2-9H2,1H3,(H,18,19)(H2,15,16,20)/t10?,11-,12+/m1/s1. The van der Waals surface area contributed by atoms with E-state index in [1.165, 1.54) is 0 Å². The Labute approximate surface area is 119 Å². The van der Waals surface area contributed by atoms with E-state index in [0.717, 1.165) is 32.5 Å². The second-order valence-electron chi connectivity index (χ2n) is 5.95. The quantitative estimate of drug-likeness (QED) is 0.699. The van der Waals surface area contributed by atoms with Gasteiger partial charge in [-0.15, -0.1) is 0 Å². The van der Waals surface area contributed by atoms with Gasteiger partial charge in [-0.25, -0.2) is 4.79 Å². The van der Waals surface area contributed by atoms with Gasteiger partial charge in [0.1, 0.15) is 0 Å². The Balaban J connectivity index is 1.63. The molecule has 0 radical (unpaired) electrons. The zero-order chi connectivity index (χ0) is 14.5. The van der Waals surface area contributed by atoms with Gasteiger partial charge in [-0.05, 0) is 44.7 Å². The van der Waals surface area contributed by atoms with E-state index >= 15 is 0 Å². The number of rotatable bonds is 5. The monoisotopic (exact) mass is 283 g/mol. The lowest BCUT2D eigenvalue weighted by Gasteiger charge is -2.16. The highest BCUT2D eigenvalue weighted by Gasteiger charge is 2.30. The molecular weight excluding hydrogens is 258 g/mol. The summed E-state index contributed by atoms with van der Waals surface area (Å²) in [6.45, 7) is 6.11. The summed E-state index contributed by atoms with van der Waals surface area (Å²) in [5.74, 6) is -0.510. The van der Waals surface area contributed by atoms with Crippen molar-refractivity contribution in [3.05, 3.63) is 0 Å². The molecule has 0 aromatic heterocycles. The van der Waals surface area contributed by atoms with Gasteiger partial charge < -0.3 is 20.6 Å². The largest absolute Gasteiger partial charge is 0.481 e. The predicted octanol–water partition coefficient (Wildman–Crippen LogP) is 0.881. The second kappa shape index (κ2) is 6.92. The second-order valence-corrected chi connectivity index (χ2v) is 5.95. The van der Waals surface area contributed by atoms with Crippen LogP contribution in [0, 0.1) is 11.8 Å². The van der Waals surface area contributed by atoms with Crippen molar-refractivity contribution in [1.29, 1.82) is 0 Å². The maximum absolute atomic E-state index is 11.8. The van der Waals surface area contributed by atoms with E-state index in [1.807, 2.05) is 0 Å². The van der Waals surface area contributed by atoms with Crippen LogP contribution in [0.15, 0.2) is 0 Å². The number of carboxylic acids is 1. The molecule has 1 aliphatic carbocycles. The lowest BCUT2D eigenvalue weighted by atomic mass is 10.1. The lowest BCUT2D eigenvalue weighted by molar-refractivity contribution is -0.141. The van der Waals surface area contributed by atoms with Crippen LogP contribution in [0.2, 0.25) is 0 Å². The van der Waals surface area contributed by atoms with Crippen LogP contribution in [0.1, 0.15) is 32.6 Å². The zero-order valence-electron chi connectivity index (χ0n) is 12.1. The Morgan fingerprint density at radius 1 is 1.30 bits per heavy atom. The number of aliphatic carboxylic acids is 1. The molecule has 6 nitrogen and oxygen atoms in total. The fourth-order valence-corrected chi connectivity index (χ4v) is 3.18. The van der Waals surface area contributed by atoms with Crippen LogP contribution in [0.5, 0.6) is 0 Å². The summed E-state index contributed by atoms with van der Waals surface area (Å²) in [6, 6.07) is -0.150. The van der Waals surface area contributed by atoms with Gasteiger partial charge in [0.05, 0.1) is 5.92 Å². The Kier molecular flexibility index (Phi) is 5.23. The molecule has 3 atom stereocenters. The maximum atomic E-state index is 11.8. The predicted molar refractivity (Wildman–Crippen MR) is 75.5 cm³/mol. The van der Waals surface area contributed by atoms with Gasteiger partial charge in [-0.3, -0.25) is 4.79 Å². The number of urea groups is 1. The van der Waals surface area contributed by atoms with Crippen molar-refractivity contribution in [3.63, 3.8) is 0 Å². The molecule has 2 amide bonds. The van der Waals surface area contributed by atoms with Crippen LogP contribution >= 0.6 is 0 Å². The molecule has 0 aromatic carbocycles. The van der Waals surface area contributed by atoms with E-state index < -0.39 is 5.97 Å². The molecule has 20 heavy (non-hydrogen) atoms. The minimum Gasteiger partial charge on any atom is -0.481 e. The number of hydrogen-bond acceptors (Lipinski definition) is 3. The number of likely N-dealkylation sites (tertiary alicyclic amines) is 1. The van der Waals surface area contributed by atoms with E-state index in [-0.39, 0.29) is 18.0 Å². The number of carbonyl (C=O) groups is 2. The summed E-state index contributed by atoms with van der Waals surface area (Å²) in [4.78, 5) is 25.0. The highest BCUT2D eigenvalue weighted by molar-refractivity contribution is 5.75. The number of carbonyl (C=O) groups excluding carboxylic acids is 1. The van der Waals surface area contributed by atoms with Crippen LogP contribution in [-0.4, -0.2) is 54.2 Å². The van der Waals surface area contributed by atoms with E-state index in [9.17, 15) is 9.59 Å². The van der Waals surface area contributed by atoms with Crippen molar-refractivity contribution in [2.75, 3.05) is 26.2 Å². The number of amides is 2. The van der Waals surface area contributed by atoms with Gasteiger partial charge in [0.15, 0.2) is 0 Å². The zero-order valence-corrected chi connectivity index (χ0v) is 12.1. The van der Waals surface area contributed by atoms with Gasteiger partial charge in [-0.2, -0.15) is 0 Å². The number of nitrogens with one attached hydrogen (secondary N) is 2. The van der Waals surface area contributed by atoms with E-state index in [0.29, 0.717) is 25.3 Å². The molecule has 114 valence electrons. The molecule has 1 saturated carbocycles. The fraction of sp³-hybridized carbons (Fsp3) is 0.857. The SMILES string of the molecule is CCN1CCC(CNC(=O)N[C@H]2CC[C@@H](C(=O)O)C2)C1. The van der Waals surface area contributed by atoms with Crippen molar-refractivity contribution in [3.8, 4) is 0 Å². The average Bonchev–Trinajstić information content (AvgIpc) is 3.04. The highest BCUT2D eigenvalue weighted by Crippen LogP contribution is 2.25. The third-order valence-electron chi connectivity index (χ3n) is 4.49. The van der Waals surface area contributed by atoms with Gasteiger partial charge >= 0.3 is 12.0 Å². The third-order valence-corrected chi connectivity index (χ3v) is 4.49. The Morgan fingerprint density at radius 2 is 2.10 bits per heavy atom. The molecule has 6 heteroatoms. The van der Waals surface area contributed by atoms with Crippen molar-refractivity contribution < 1.29 is 14.7 Å². The van der Waals surface area contributed by atoms with Crippen molar-refractivity contribution in [2.24, 2.45) is 11.8 Å². The fourth-order valence-electron chi connectivity index (χ4n) is 3.18. The van der Waals surface area contributed by atoms with Gasteiger partial charge in [0, 0.05) is 19.1 Å². The average molecular weight is 283 g/mol. The molecule has 2 fully saturated rings. The van der Waals surface area contributed by atoms with Crippen LogP contribution in [-0.2, 0) is 4.79 Å². The summed E-state index contributed by atoms with van der Waals surface area (Å²) < 4.78 is 0. The molecule has 0 aromatic rings. The van der Waals surface area contributed by atoms with Crippen LogP contribution in [0.25, 0.3) is 0 Å². The summed E-state index contributed by atoms with van der Waals surface area (Å²) in [6.07, 6.45) is 3.11. The topological polar surface area (TPSA) is 81.7 Å². The van der Waals surface area contributed by atoms with E-state index in [4.69, 9.17) is 5.11 Å². The first kappa shape index (κ1) is 15.1. The van der Waals surface area contributed by atoms with Gasteiger partial charge in [-0.1, -0.05) is 6.92 Å². The van der Waals surface area contributed by atoms with Gasteiger partial charge in [0.25, 0.3) is 0 Å². The molecule has 1 unspecified atom stereocenters. The molecule has 0 spiro atoms. The first-order chi connectivity index (χ1) is 9.58. The summed E-state index contributed by atoms with van der Waals surface area (Å²) in [7, 11) is 0. The molecule has 2 rings (SSSR count). The Morgan fingerprint density at radius 3 is 2.70 bits per heavy atom. The van der Waals surface area contributed by atoms with Crippen LogP contribution < -0.4 is 10.6 Å². The molecular formula is C14H25N3O3. The molecule has 1 heterocycles. The number of carboxylic acid groups (broad SMARTS) is 1. The summed E-state index contributed by atoms with van der Waals surface area (Å²) in [5, 5.41) is 14.7. The van der Waals surface area contributed by atoms with E-state index in [1.54, 1.807) is 0 Å². The summed E-state index contributed by atoms with van der Waals surface area (Å²) in [5.41, 5.74) is 0. The summed E-state index contributed by atoms with van der Waals surface area (Å²) >= 11 is 0. The molecule has 2 aliphatic rings. The van der Waals surface area contributed by atoms with Crippen molar-refractivity contribution >= 4 is 12.0 Å². The normalized spacial score (nSPS) is 30.4. The lowest BCUT2D eigenvalue weighted by Crippen LogP contribution is -2.43. The molecule has 3 N–H and O–H groups in total. The Bertz CT molecular complexity index is 362. The van der Waals surface area contributed by atoms with Crippen molar-refractivity contribution in [1.82, 2.24) is 15.5 Å². The van der Waals surface area contributed by atoms with E-state index in [2.05, 4.69) is 22.5 Å². The minimum atomic E-state index is -0.750. The first-order valence-corrected chi connectivity index (χ1v) is 7.58. The number of nitrogens with zero attached hydrogens (tertiary/aromatic N) is 1. The maximum Gasteiger partial charge on any atom is 0.315 e. The highest BCUT2D eigenvalue weighted by atomic mass is 16.4.